The summed E-state index contributed by atoms with van der Waals surface area (Å²) in [6.45, 7) is 4.13. The van der Waals surface area contributed by atoms with E-state index in [9.17, 15) is 0 Å². The van der Waals surface area contributed by atoms with Gasteiger partial charge in [0.15, 0.2) is 0 Å². The van der Waals surface area contributed by atoms with Gasteiger partial charge >= 0.3 is 0 Å². The molecule has 0 N–H and O–H groups in total. The summed E-state index contributed by atoms with van der Waals surface area (Å²) in [5.74, 6) is 0. The van der Waals surface area contributed by atoms with Crippen molar-refractivity contribution in [3.05, 3.63) is 210 Å². The summed E-state index contributed by atoms with van der Waals surface area (Å²) in [5.41, 5.74) is 9.50. The average Bonchev–Trinajstić information content (AvgIpc) is 3.18. The Morgan fingerprint density at radius 1 is 0.440 bits per heavy atom. The van der Waals surface area contributed by atoms with Gasteiger partial charge in [0.25, 0.3) is 0 Å². The van der Waals surface area contributed by atoms with Crippen LogP contribution in [0.1, 0.15) is 5.56 Å². The van der Waals surface area contributed by atoms with E-state index < -0.39 is 0 Å². The minimum atomic E-state index is 0.857. The lowest BCUT2D eigenvalue weighted by atomic mass is 9.97. The fourth-order valence-corrected chi connectivity index (χ4v) is 6.84. The zero-order valence-corrected chi connectivity index (χ0v) is 27.9. The van der Waals surface area contributed by atoms with E-state index in [-0.39, 0.29) is 0 Å². The SMILES string of the molecule is C=c1cccc/c1=C/C=C\Cc1ccc(N(c2ccc(-c3cccc4ccccc34)cc2)c2ccc(-c3cccc4ccccc34)cc2)cc1. The molecule has 0 aromatic heterocycles. The first-order valence-corrected chi connectivity index (χ1v) is 17.2. The van der Waals surface area contributed by atoms with Crippen molar-refractivity contribution < 1.29 is 0 Å². The van der Waals surface area contributed by atoms with E-state index in [4.69, 9.17) is 0 Å². The van der Waals surface area contributed by atoms with Crippen LogP contribution in [0, 0.1) is 0 Å². The van der Waals surface area contributed by atoms with E-state index in [2.05, 4.69) is 193 Å². The Balaban J connectivity index is 1.13. The van der Waals surface area contributed by atoms with Gasteiger partial charge in [-0.2, -0.15) is 0 Å². The molecule has 0 spiro atoms. The Labute approximate surface area is 294 Å². The molecule has 50 heavy (non-hydrogen) atoms. The van der Waals surface area contributed by atoms with Crippen LogP contribution in [0.3, 0.4) is 0 Å². The number of hydrogen-bond donors (Lipinski definition) is 0. The van der Waals surface area contributed by atoms with Crippen molar-refractivity contribution in [3.63, 3.8) is 0 Å². The maximum absolute atomic E-state index is 4.13. The van der Waals surface area contributed by atoms with Gasteiger partial charge in [0.2, 0.25) is 0 Å². The number of hydrogen-bond acceptors (Lipinski definition) is 1. The molecule has 0 heterocycles. The molecular weight excluding hydrogens is 603 g/mol. The monoisotopic (exact) mass is 639 g/mol. The van der Waals surface area contributed by atoms with Crippen LogP contribution in [-0.4, -0.2) is 0 Å². The highest BCUT2D eigenvalue weighted by atomic mass is 15.1. The summed E-state index contributed by atoms with van der Waals surface area (Å²) in [5, 5.41) is 7.22. The van der Waals surface area contributed by atoms with Gasteiger partial charge in [-0.1, -0.05) is 170 Å². The van der Waals surface area contributed by atoms with Crippen LogP contribution in [0.25, 0.3) is 56.5 Å². The maximum Gasteiger partial charge on any atom is 0.0462 e. The van der Waals surface area contributed by atoms with E-state index in [1.54, 1.807) is 0 Å². The lowest BCUT2D eigenvalue weighted by Crippen LogP contribution is -2.21. The summed E-state index contributed by atoms with van der Waals surface area (Å²) < 4.78 is 0. The molecule has 0 saturated heterocycles. The Kier molecular flexibility index (Phi) is 8.62. The third-order valence-electron chi connectivity index (χ3n) is 9.47. The van der Waals surface area contributed by atoms with Gasteiger partial charge in [-0.05, 0) is 103 Å². The summed E-state index contributed by atoms with van der Waals surface area (Å²) in [6.07, 6.45) is 7.31. The molecule has 238 valence electrons. The van der Waals surface area contributed by atoms with Crippen molar-refractivity contribution in [1.82, 2.24) is 0 Å². The zero-order chi connectivity index (χ0) is 33.7. The van der Waals surface area contributed by atoms with Crippen molar-refractivity contribution in [2.24, 2.45) is 0 Å². The van der Waals surface area contributed by atoms with Gasteiger partial charge in [-0.15, -0.1) is 0 Å². The second-order valence-electron chi connectivity index (χ2n) is 12.6. The van der Waals surface area contributed by atoms with Crippen LogP contribution in [0.4, 0.5) is 17.1 Å². The van der Waals surface area contributed by atoms with Crippen LogP contribution in [0.5, 0.6) is 0 Å². The first-order valence-electron chi connectivity index (χ1n) is 17.2. The molecule has 0 radical (unpaired) electrons. The Morgan fingerprint density at radius 2 is 0.900 bits per heavy atom. The molecule has 1 heteroatoms. The second kappa shape index (κ2) is 14.0. The molecule has 0 amide bonds. The topological polar surface area (TPSA) is 3.24 Å². The third-order valence-corrected chi connectivity index (χ3v) is 9.47. The van der Waals surface area contributed by atoms with E-state index >= 15 is 0 Å². The molecule has 8 rings (SSSR count). The predicted octanol–water partition coefficient (Wildman–Crippen LogP) is 11.8. The van der Waals surface area contributed by atoms with Gasteiger partial charge in [-0.25, -0.2) is 0 Å². The highest BCUT2D eigenvalue weighted by molar-refractivity contribution is 5.98. The number of allylic oxidation sites excluding steroid dienone is 2. The largest absolute Gasteiger partial charge is 0.311 e. The summed E-state index contributed by atoms with van der Waals surface area (Å²) in [4.78, 5) is 2.35. The first-order chi connectivity index (χ1) is 24.7. The van der Waals surface area contributed by atoms with E-state index in [0.717, 1.165) is 33.9 Å². The van der Waals surface area contributed by atoms with E-state index in [1.165, 1.54) is 49.4 Å². The van der Waals surface area contributed by atoms with Crippen molar-refractivity contribution >= 4 is 51.3 Å². The molecule has 0 aliphatic heterocycles. The molecule has 0 bridgehead atoms. The number of fused-ring (bicyclic) bond motifs is 2. The molecule has 0 aliphatic rings. The van der Waals surface area contributed by atoms with Crippen LogP contribution in [0.15, 0.2) is 194 Å². The number of nitrogens with zero attached hydrogens (tertiary/aromatic N) is 1. The highest BCUT2D eigenvalue weighted by Crippen LogP contribution is 2.38. The number of anilines is 3. The molecule has 0 aliphatic carbocycles. The summed E-state index contributed by atoms with van der Waals surface area (Å²) >= 11 is 0. The average molecular weight is 640 g/mol. The fraction of sp³-hybridized carbons (Fsp3) is 0.0204. The molecule has 0 unspecified atom stereocenters. The minimum Gasteiger partial charge on any atom is -0.311 e. The Hall–Kier alpha value is -6.44. The van der Waals surface area contributed by atoms with Crippen molar-refractivity contribution in [2.45, 2.75) is 6.42 Å². The molecular formula is C49H37N. The molecule has 0 atom stereocenters. The van der Waals surface area contributed by atoms with Crippen LogP contribution in [-0.2, 0) is 6.42 Å². The van der Waals surface area contributed by atoms with Gasteiger partial charge in [0.05, 0.1) is 0 Å². The Bertz CT molecular complexity index is 2430. The third kappa shape index (κ3) is 6.38. The minimum absolute atomic E-state index is 0.857. The molecule has 0 saturated carbocycles. The normalized spacial score (nSPS) is 11.8. The molecule has 8 aromatic rings. The van der Waals surface area contributed by atoms with Crippen molar-refractivity contribution in [2.75, 3.05) is 4.90 Å². The predicted molar refractivity (Wildman–Crippen MR) is 216 cm³/mol. The summed E-state index contributed by atoms with van der Waals surface area (Å²) in [7, 11) is 0. The highest BCUT2D eigenvalue weighted by Gasteiger charge is 2.14. The number of benzene rings is 8. The first kappa shape index (κ1) is 30.9. The van der Waals surface area contributed by atoms with E-state index in [1.807, 2.05) is 18.2 Å². The van der Waals surface area contributed by atoms with E-state index in [0.29, 0.717) is 0 Å². The van der Waals surface area contributed by atoms with Crippen LogP contribution >= 0.6 is 0 Å². The maximum atomic E-state index is 4.13. The zero-order valence-electron chi connectivity index (χ0n) is 27.9. The lowest BCUT2D eigenvalue weighted by Gasteiger charge is -2.26. The number of rotatable bonds is 8. The smallest absolute Gasteiger partial charge is 0.0462 e. The fourth-order valence-electron chi connectivity index (χ4n) is 6.84. The van der Waals surface area contributed by atoms with Crippen LogP contribution in [0.2, 0.25) is 0 Å². The van der Waals surface area contributed by atoms with Gasteiger partial charge in [0.1, 0.15) is 0 Å². The standard InChI is InChI=1S/C49H37N/c1-36-12-2-4-14-38(36)15-5-3-13-37-24-30-43(31-25-37)50(44-32-26-41(27-33-44)48-22-10-18-39-16-6-8-20-46(39)48)45-34-28-42(29-35-45)49-23-11-19-40-17-7-9-21-47(40)49/h2-12,14-35H,1,13H2/b5-3-,38-15-. The Morgan fingerprint density at radius 3 is 1.44 bits per heavy atom. The van der Waals surface area contributed by atoms with Gasteiger partial charge in [0, 0.05) is 17.1 Å². The van der Waals surface area contributed by atoms with Crippen molar-refractivity contribution in [1.29, 1.82) is 0 Å². The van der Waals surface area contributed by atoms with Gasteiger partial charge < -0.3 is 4.90 Å². The molecule has 1 nitrogen and oxygen atoms in total. The second-order valence-corrected chi connectivity index (χ2v) is 12.6. The van der Waals surface area contributed by atoms with Gasteiger partial charge in [-0.3, -0.25) is 0 Å². The lowest BCUT2D eigenvalue weighted by molar-refractivity contribution is 1.24. The molecule has 0 fully saturated rings. The molecule has 8 aromatic carbocycles. The quantitative estimate of drug-likeness (QED) is 0.160. The van der Waals surface area contributed by atoms with Crippen molar-refractivity contribution in [3.8, 4) is 22.3 Å². The summed E-state index contributed by atoms with van der Waals surface area (Å²) in [6, 6.07) is 65.3. The van der Waals surface area contributed by atoms with Crippen LogP contribution < -0.4 is 15.3 Å².